The maximum Gasteiger partial charge on any atom is 0.287 e. The Morgan fingerprint density at radius 1 is 1.09 bits per heavy atom. The third-order valence-electron chi connectivity index (χ3n) is 3.60. The van der Waals surface area contributed by atoms with Gasteiger partial charge in [-0.3, -0.25) is 4.79 Å². The fourth-order valence-electron chi connectivity index (χ4n) is 2.52. The number of nitrogens with zero attached hydrogens (tertiary/aromatic N) is 2. The number of carbonyl (C=O) groups excluding carboxylic acids is 1. The van der Waals surface area contributed by atoms with Gasteiger partial charge in [0.25, 0.3) is 5.91 Å². The molecule has 0 bridgehead atoms. The van der Waals surface area contributed by atoms with E-state index in [0.29, 0.717) is 5.75 Å². The van der Waals surface area contributed by atoms with Crippen molar-refractivity contribution in [2.24, 2.45) is 0 Å². The zero-order valence-corrected chi connectivity index (χ0v) is 12.9. The Labute approximate surface area is 129 Å². The monoisotopic (exact) mass is 294 g/mol. The molecule has 0 fully saturated rings. The first-order valence-corrected chi connectivity index (χ1v) is 7.27. The van der Waals surface area contributed by atoms with Crippen LogP contribution in [-0.4, -0.2) is 21.8 Å². The van der Waals surface area contributed by atoms with Gasteiger partial charge in [0.2, 0.25) is 0 Å². The lowest BCUT2D eigenvalue weighted by Gasteiger charge is -2.14. The van der Waals surface area contributed by atoms with E-state index in [2.05, 4.69) is 5.10 Å². The Balaban J connectivity index is 1.81. The highest BCUT2D eigenvalue weighted by atomic mass is 16.5. The molecule has 4 heteroatoms. The highest BCUT2D eigenvalue weighted by Crippen LogP contribution is 2.21. The maximum atomic E-state index is 12.4. The van der Waals surface area contributed by atoms with Gasteiger partial charge in [0, 0.05) is 5.69 Å². The van der Waals surface area contributed by atoms with Gasteiger partial charge in [-0.15, -0.1) is 0 Å². The SMILES string of the molecule is Cc1cc(C)n(C(=O)[C@@H](C)Oc2ccc3ccccc3c2)n1. The molecule has 3 aromatic rings. The van der Waals surface area contributed by atoms with Gasteiger partial charge in [0.05, 0.1) is 5.69 Å². The molecule has 2 aromatic carbocycles. The summed E-state index contributed by atoms with van der Waals surface area (Å²) in [4.78, 5) is 12.4. The molecule has 1 aromatic heterocycles. The van der Waals surface area contributed by atoms with Crippen LogP contribution in [0.2, 0.25) is 0 Å². The summed E-state index contributed by atoms with van der Waals surface area (Å²) in [5.41, 5.74) is 1.64. The molecule has 3 rings (SSSR count). The smallest absolute Gasteiger partial charge is 0.287 e. The number of benzene rings is 2. The van der Waals surface area contributed by atoms with Crippen LogP contribution in [0.4, 0.5) is 0 Å². The third-order valence-corrected chi connectivity index (χ3v) is 3.60. The Morgan fingerprint density at radius 3 is 2.50 bits per heavy atom. The maximum absolute atomic E-state index is 12.4. The predicted molar refractivity (Wildman–Crippen MR) is 86.4 cm³/mol. The molecule has 0 aliphatic carbocycles. The molecule has 0 aliphatic rings. The minimum Gasteiger partial charge on any atom is -0.481 e. The van der Waals surface area contributed by atoms with Crippen LogP contribution < -0.4 is 4.74 Å². The molecule has 1 atom stereocenters. The van der Waals surface area contributed by atoms with Gasteiger partial charge in [0.1, 0.15) is 5.75 Å². The van der Waals surface area contributed by atoms with E-state index >= 15 is 0 Å². The minimum atomic E-state index is -0.598. The lowest BCUT2D eigenvalue weighted by atomic mass is 10.1. The standard InChI is InChI=1S/C18H18N2O2/c1-12-10-13(2)20(19-12)18(21)14(3)22-17-9-8-15-6-4-5-7-16(15)11-17/h4-11,14H,1-3H3/t14-/m1/s1. The highest BCUT2D eigenvalue weighted by Gasteiger charge is 2.19. The Hall–Kier alpha value is -2.62. The van der Waals surface area contributed by atoms with Crippen molar-refractivity contribution in [1.82, 2.24) is 9.78 Å². The first kappa shape index (κ1) is 14.3. The lowest BCUT2D eigenvalue weighted by Crippen LogP contribution is -2.30. The fraction of sp³-hybridized carbons (Fsp3) is 0.222. The highest BCUT2D eigenvalue weighted by molar-refractivity contribution is 5.85. The second-order valence-corrected chi connectivity index (χ2v) is 5.45. The van der Waals surface area contributed by atoms with Crippen molar-refractivity contribution in [1.29, 1.82) is 0 Å². The normalized spacial score (nSPS) is 12.3. The Bertz CT molecular complexity index is 836. The van der Waals surface area contributed by atoms with E-state index in [-0.39, 0.29) is 5.91 Å². The first-order chi connectivity index (χ1) is 10.5. The molecular formula is C18H18N2O2. The van der Waals surface area contributed by atoms with Crippen LogP contribution in [0.1, 0.15) is 23.1 Å². The van der Waals surface area contributed by atoms with Crippen LogP contribution in [0.5, 0.6) is 5.75 Å². The largest absolute Gasteiger partial charge is 0.481 e. The number of carbonyl (C=O) groups is 1. The van der Waals surface area contributed by atoms with Crippen molar-refractivity contribution < 1.29 is 9.53 Å². The summed E-state index contributed by atoms with van der Waals surface area (Å²) in [6.07, 6.45) is -0.598. The zero-order chi connectivity index (χ0) is 15.7. The van der Waals surface area contributed by atoms with E-state index in [1.54, 1.807) is 6.92 Å². The van der Waals surface area contributed by atoms with Crippen LogP contribution >= 0.6 is 0 Å². The molecule has 0 aliphatic heterocycles. The molecule has 0 saturated carbocycles. The molecule has 0 N–H and O–H groups in total. The second-order valence-electron chi connectivity index (χ2n) is 5.45. The van der Waals surface area contributed by atoms with Gasteiger partial charge in [-0.2, -0.15) is 5.10 Å². The molecule has 0 saturated heterocycles. The van der Waals surface area contributed by atoms with E-state index in [9.17, 15) is 4.79 Å². The summed E-state index contributed by atoms with van der Waals surface area (Å²) in [6, 6.07) is 15.7. The van der Waals surface area contributed by atoms with Crippen LogP contribution in [-0.2, 0) is 0 Å². The van der Waals surface area contributed by atoms with Crippen LogP contribution in [0.25, 0.3) is 10.8 Å². The molecule has 1 heterocycles. The number of aromatic nitrogens is 2. The van der Waals surface area contributed by atoms with E-state index in [4.69, 9.17) is 4.74 Å². The van der Waals surface area contributed by atoms with Gasteiger partial charge in [-0.25, -0.2) is 4.68 Å². The average molecular weight is 294 g/mol. The van der Waals surface area contributed by atoms with Crippen molar-refractivity contribution in [3.05, 3.63) is 59.9 Å². The van der Waals surface area contributed by atoms with Crippen molar-refractivity contribution in [3.63, 3.8) is 0 Å². The number of aryl methyl sites for hydroxylation is 2. The molecule has 0 amide bonds. The molecule has 22 heavy (non-hydrogen) atoms. The predicted octanol–water partition coefficient (Wildman–Crippen LogP) is 3.76. The topological polar surface area (TPSA) is 44.1 Å². The molecule has 0 radical (unpaired) electrons. The summed E-state index contributed by atoms with van der Waals surface area (Å²) < 4.78 is 7.20. The van der Waals surface area contributed by atoms with Gasteiger partial charge < -0.3 is 4.74 Å². The van der Waals surface area contributed by atoms with Crippen molar-refractivity contribution in [3.8, 4) is 5.75 Å². The van der Waals surface area contributed by atoms with Gasteiger partial charge in [-0.1, -0.05) is 30.3 Å². The second kappa shape index (κ2) is 5.64. The van der Waals surface area contributed by atoms with Crippen molar-refractivity contribution in [2.45, 2.75) is 26.9 Å². The van der Waals surface area contributed by atoms with E-state index in [1.165, 1.54) is 4.68 Å². The third kappa shape index (κ3) is 2.72. The molecular weight excluding hydrogens is 276 g/mol. The average Bonchev–Trinajstić information content (AvgIpc) is 2.85. The number of rotatable bonds is 3. The number of ether oxygens (including phenoxy) is 1. The molecule has 0 spiro atoms. The van der Waals surface area contributed by atoms with Crippen LogP contribution in [0.15, 0.2) is 48.5 Å². The van der Waals surface area contributed by atoms with E-state index < -0.39 is 6.10 Å². The van der Waals surface area contributed by atoms with Gasteiger partial charge in [0.15, 0.2) is 6.10 Å². The zero-order valence-electron chi connectivity index (χ0n) is 12.9. The van der Waals surface area contributed by atoms with E-state index in [1.807, 2.05) is 62.4 Å². The summed E-state index contributed by atoms with van der Waals surface area (Å²) in [5.74, 6) is 0.514. The number of fused-ring (bicyclic) bond motifs is 1. The summed E-state index contributed by atoms with van der Waals surface area (Å²) >= 11 is 0. The summed E-state index contributed by atoms with van der Waals surface area (Å²) in [7, 11) is 0. The van der Waals surface area contributed by atoms with Crippen molar-refractivity contribution in [2.75, 3.05) is 0 Å². The van der Waals surface area contributed by atoms with E-state index in [0.717, 1.165) is 22.2 Å². The lowest BCUT2D eigenvalue weighted by molar-refractivity contribution is 0.0707. The van der Waals surface area contributed by atoms with Crippen LogP contribution in [0, 0.1) is 13.8 Å². The fourth-order valence-corrected chi connectivity index (χ4v) is 2.52. The summed E-state index contributed by atoms with van der Waals surface area (Å²) in [5, 5.41) is 6.44. The Morgan fingerprint density at radius 2 is 1.82 bits per heavy atom. The van der Waals surface area contributed by atoms with Crippen LogP contribution in [0.3, 0.4) is 0 Å². The summed E-state index contributed by atoms with van der Waals surface area (Å²) in [6.45, 7) is 5.47. The van der Waals surface area contributed by atoms with Gasteiger partial charge >= 0.3 is 0 Å². The van der Waals surface area contributed by atoms with Gasteiger partial charge in [-0.05, 0) is 49.7 Å². The molecule has 0 unspecified atom stereocenters. The van der Waals surface area contributed by atoms with Crippen molar-refractivity contribution >= 4 is 16.7 Å². The Kier molecular flexibility index (Phi) is 3.67. The number of hydrogen-bond donors (Lipinski definition) is 0. The number of hydrogen-bond acceptors (Lipinski definition) is 3. The first-order valence-electron chi connectivity index (χ1n) is 7.27. The molecule has 4 nitrogen and oxygen atoms in total. The molecule has 112 valence electrons. The quantitative estimate of drug-likeness (QED) is 0.738. The minimum absolute atomic E-state index is 0.168.